The highest BCUT2D eigenvalue weighted by atomic mass is 35.5. The summed E-state index contributed by atoms with van der Waals surface area (Å²) in [5, 5.41) is 5.17. The van der Waals surface area contributed by atoms with Gasteiger partial charge in [0.15, 0.2) is 11.6 Å². The number of halogens is 1. The van der Waals surface area contributed by atoms with E-state index >= 15 is 0 Å². The largest absolute Gasteiger partial charge is 0.497 e. The van der Waals surface area contributed by atoms with E-state index in [1.807, 2.05) is 48.5 Å². The van der Waals surface area contributed by atoms with Crippen molar-refractivity contribution in [2.75, 3.05) is 7.11 Å². The summed E-state index contributed by atoms with van der Waals surface area (Å²) in [5.74, 6) is 1.93. The van der Waals surface area contributed by atoms with E-state index in [2.05, 4.69) is 15.1 Å². The minimum atomic E-state index is 0.0622. The van der Waals surface area contributed by atoms with Crippen LogP contribution in [0.5, 0.6) is 5.75 Å². The van der Waals surface area contributed by atoms with Gasteiger partial charge in [-0.3, -0.25) is 4.79 Å². The second-order valence-electron chi connectivity index (χ2n) is 7.09. The van der Waals surface area contributed by atoms with Gasteiger partial charge in [0.25, 0.3) is 5.78 Å². The van der Waals surface area contributed by atoms with Gasteiger partial charge in [-0.25, -0.2) is 9.50 Å². The van der Waals surface area contributed by atoms with E-state index < -0.39 is 0 Å². The Hall–Kier alpha value is -3.25. The Morgan fingerprint density at radius 1 is 1.10 bits per heavy atom. The molecule has 2 aromatic carbocycles. The summed E-state index contributed by atoms with van der Waals surface area (Å²) < 4.78 is 6.77. The van der Waals surface area contributed by atoms with Crippen molar-refractivity contribution < 1.29 is 9.53 Å². The zero-order valence-corrected chi connectivity index (χ0v) is 16.4. The van der Waals surface area contributed by atoms with E-state index in [1.165, 1.54) is 0 Å². The van der Waals surface area contributed by atoms with Gasteiger partial charge < -0.3 is 4.74 Å². The number of aromatic nitrogens is 4. The third kappa shape index (κ3) is 3.25. The van der Waals surface area contributed by atoms with Crippen LogP contribution >= 0.6 is 11.6 Å². The number of hydrogen-bond acceptors (Lipinski definition) is 5. The van der Waals surface area contributed by atoms with E-state index in [-0.39, 0.29) is 11.7 Å². The maximum absolute atomic E-state index is 12.8. The zero-order valence-electron chi connectivity index (χ0n) is 15.7. The van der Waals surface area contributed by atoms with Gasteiger partial charge in [0.05, 0.1) is 18.4 Å². The van der Waals surface area contributed by atoms with Crippen molar-refractivity contribution in [2.24, 2.45) is 0 Å². The minimum absolute atomic E-state index is 0.0622. The van der Waals surface area contributed by atoms with Crippen molar-refractivity contribution in [3.63, 3.8) is 0 Å². The molecule has 0 saturated heterocycles. The smallest absolute Gasteiger partial charge is 0.252 e. The summed E-state index contributed by atoms with van der Waals surface area (Å²) in [6.07, 6.45) is 2.84. The number of carbonyl (C=O) groups excluding carboxylic acids is 1. The van der Waals surface area contributed by atoms with Gasteiger partial charge in [0, 0.05) is 23.2 Å². The van der Waals surface area contributed by atoms with E-state index in [4.69, 9.17) is 16.3 Å². The fourth-order valence-electron chi connectivity index (χ4n) is 3.74. The van der Waals surface area contributed by atoms with Gasteiger partial charge in [-0.05, 0) is 54.3 Å². The third-order valence-corrected chi connectivity index (χ3v) is 5.49. The molecular formula is C22H17ClN4O2. The van der Waals surface area contributed by atoms with Crippen LogP contribution in [0.1, 0.15) is 34.0 Å². The Morgan fingerprint density at radius 2 is 1.93 bits per heavy atom. The van der Waals surface area contributed by atoms with E-state index in [9.17, 15) is 4.79 Å². The predicted octanol–water partition coefficient (Wildman–Crippen LogP) is 4.37. The van der Waals surface area contributed by atoms with Crippen molar-refractivity contribution in [3.05, 3.63) is 76.6 Å². The molecule has 4 aromatic rings. The van der Waals surface area contributed by atoms with Crippen molar-refractivity contribution in [1.29, 1.82) is 0 Å². The van der Waals surface area contributed by atoms with Gasteiger partial charge in [-0.15, -0.1) is 5.10 Å². The molecule has 0 amide bonds. The van der Waals surface area contributed by atoms with Crippen molar-refractivity contribution in [1.82, 2.24) is 19.6 Å². The lowest BCUT2D eigenvalue weighted by atomic mass is 9.82. The number of methoxy groups -OCH3 is 1. The molecule has 0 spiro atoms. The molecule has 2 aromatic heterocycles. The minimum Gasteiger partial charge on any atom is -0.497 e. The fraction of sp³-hybridized carbons (Fsp3) is 0.182. The topological polar surface area (TPSA) is 69.4 Å². The first-order valence-electron chi connectivity index (χ1n) is 9.30. The Morgan fingerprint density at radius 3 is 2.69 bits per heavy atom. The summed E-state index contributed by atoms with van der Waals surface area (Å²) in [6.45, 7) is 0. The second-order valence-corrected chi connectivity index (χ2v) is 7.53. The first kappa shape index (κ1) is 17.8. The number of Topliss-reactive ketones (excluding diaryl/α,β-unsaturated/α-hetero) is 1. The third-order valence-electron chi connectivity index (χ3n) is 5.25. The van der Waals surface area contributed by atoms with E-state index in [0.29, 0.717) is 35.0 Å². The molecule has 144 valence electrons. The molecule has 1 atom stereocenters. The highest BCUT2D eigenvalue weighted by Gasteiger charge is 2.28. The number of benzene rings is 2. The van der Waals surface area contributed by atoms with Crippen LogP contribution < -0.4 is 4.74 Å². The lowest BCUT2D eigenvalue weighted by Gasteiger charge is -2.23. The Bertz CT molecular complexity index is 1230. The number of rotatable bonds is 3. The molecule has 1 unspecified atom stereocenters. The molecule has 1 aliphatic rings. The Labute approximate surface area is 172 Å². The highest BCUT2D eigenvalue weighted by Crippen LogP contribution is 2.33. The summed E-state index contributed by atoms with van der Waals surface area (Å²) in [4.78, 5) is 22.0. The molecule has 6 nitrogen and oxygen atoms in total. The average molecular weight is 405 g/mol. The molecule has 0 N–H and O–H groups in total. The molecular weight excluding hydrogens is 388 g/mol. The summed E-state index contributed by atoms with van der Waals surface area (Å²) in [5.41, 5.74) is 3.28. The first-order chi connectivity index (χ1) is 14.1. The van der Waals surface area contributed by atoms with Crippen molar-refractivity contribution in [3.8, 4) is 17.1 Å². The van der Waals surface area contributed by atoms with E-state index in [0.717, 1.165) is 22.6 Å². The lowest BCUT2D eigenvalue weighted by molar-refractivity contribution is 0.0962. The summed E-state index contributed by atoms with van der Waals surface area (Å²) in [6, 6.07) is 15.2. The standard InChI is InChI=1S/C22H17ClN4O2/c1-29-17-7-5-13(6-8-17)21-25-22-24-19-10-15(14-3-2-4-16(23)9-14)11-20(28)18(19)12-27(22)26-21/h2-9,12,15H,10-11H2,1H3. The number of nitrogens with zero attached hydrogens (tertiary/aromatic N) is 4. The summed E-state index contributed by atoms with van der Waals surface area (Å²) >= 11 is 6.13. The van der Waals surface area contributed by atoms with Crippen LogP contribution in [0.3, 0.4) is 0 Å². The van der Waals surface area contributed by atoms with Gasteiger partial charge in [-0.1, -0.05) is 23.7 Å². The normalized spacial score (nSPS) is 16.1. The number of fused-ring (bicyclic) bond motifs is 2. The SMILES string of the molecule is COc1ccc(-c2nc3nc4c(cn3n2)C(=O)CC(c2cccc(Cl)c2)C4)cc1. The maximum atomic E-state index is 12.8. The molecule has 0 radical (unpaired) electrons. The molecule has 0 bridgehead atoms. The van der Waals surface area contributed by atoms with E-state index in [1.54, 1.807) is 17.8 Å². The molecule has 0 saturated carbocycles. The van der Waals surface area contributed by atoms with Crippen LogP contribution in [-0.2, 0) is 6.42 Å². The Balaban J connectivity index is 1.52. The lowest BCUT2D eigenvalue weighted by Crippen LogP contribution is -2.21. The number of hydrogen-bond donors (Lipinski definition) is 0. The van der Waals surface area contributed by atoms with Crippen molar-refractivity contribution >= 4 is 23.2 Å². The monoisotopic (exact) mass is 404 g/mol. The molecule has 0 fully saturated rings. The highest BCUT2D eigenvalue weighted by molar-refractivity contribution is 6.30. The molecule has 1 aliphatic carbocycles. The van der Waals surface area contributed by atoms with Gasteiger partial charge in [0.1, 0.15) is 5.75 Å². The van der Waals surface area contributed by atoms with Crippen LogP contribution in [0.2, 0.25) is 5.02 Å². The van der Waals surface area contributed by atoms with Crippen LogP contribution in [0.4, 0.5) is 0 Å². The molecule has 7 heteroatoms. The molecule has 5 rings (SSSR count). The average Bonchev–Trinajstić information content (AvgIpc) is 3.15. The van der Waals surface area contributed by atoms with Crippen LogP contribution in [0.15, 0.2) is 54.7 Å². The zero-order chi connectivity index (χ0) is 20.0. The maximum Gasteiger partial charge on any atom is 0.252 e. The van der Waals surface area contributed by atoms with Gasteiger partial charge in [-0.2, -0.15) is 4.98 Å². The number of carbonyl (C=O) groups is 1. The molecule has 2 heterocycles. The first-order valence-corrected chi connectivity index (χ1v) is 9.68. The number of ether oxygens (including phenoxy) is 1. The Kier molecular flexibility index (Phi) is 4.28. The quantitative estimate of drug-likeness (QED) is 0.507. The number of ketones is 1. The van der Waals surface area contributed by atoms with Crippen LogP contribution in [0, 0.1) is 0 Å². The van der Waals surface area contributed by atoms with Crippen LogP contribution in [0.25, 0.3) is 17.2 Å². The molecule has 29 heavy (non-hydrogen) atoms. The molecule has 0 aliphatic heterocycles. The fourth-order valence-corrected chi connectivity index (χ4v) is 3.94. The van der Waals surface area contributed by atoms with Crippen molar-refractivity contribution in [2.45, 2.75) is 18.8 Å². The van der Waals surface area contributed by atoms with Gasteiger partial charge in [0.2, 0.25) is 0 Å². The second kappa shape index (κ2) is 6.97. The van der Waals surface area contributed by atoms with Crippen LogP contribution in [-0.4, -0.2) is 32.5 Å². The summed E-state index contributed by atoms with van der Waals surface area (Å²) in [7, 11) is 1.63. The predicted molar refractivity (Wildman–Crippen MR) is 110 cm³/mol. The van der Waals surface area contributed by atoms with Gasteiger partial charge >= 0.3 is 0 Å².